The van der Waals surface area contributed by atoms with Crippen LogP contribution in [0, 0.1) is 0 Å². The molecule has 0 bridgehead atoms. The Balaban J connectivity index is 1.69. The Morgan fingerprint density at radius 3 is 2.88 bits per heavy atom. The predicted octanol–water partition coefficient (Wildman–Crippen LogP) is 3.84. The minimum atomic E-state index is 0.166. The molecule has 1 aromatic carbocycles. The molecule has 0 unspecified atom stereocenters. The summed E-state index contributed by atoms with van der Waals surface area (Å²) >= 11 is 1.79. The fourth-order valence-corrected chi connectivity index (χ4v) is 4.35. The summed E-state index contributed by atoms with van der Waals surface area (Å²) in [6.07, 6.45) is 2.10. The molecule has 128 valence electrons. The number of hydrogen-bond acceptors (Lipinski definition) is 4. The van der Waals surface area contributed by atoms with Gasteiger partial charge in [0.1, 0.15) is 0 Å². The van der Waals surface area contributed by atoms with Crippen LogP contribution in [0.5, 0.6) is 11.5 Å². The number of hydrogen-bond donors (Lipinski definition) is 0. The molecule has 0 spiro atoms. The standard InChI is InChI=1S/C19H23NO3S/c1-13-15-10-12-24-17(15)9-11-20(13)18(21)8-7-14-5-4-6-16(22-2)19(14)23-3/h4-6,10,12-13H,7-9,11H2,1-3H3/t13-/m1/s1. The quantitative estimate of drug-likeness (QED) is 0.826. The summed E-state index contributed by atoms with van der Waals surface area (Å²) in [5.41, 5.74) is 2.31. The molecule has 0 fully saturated rings. The van der Waals surface area contributed by atoms with Crippen molar-refractivity contribution in [2.75, 3.05) is 20.8 Å². The van der Waals surface area contributed by atoms with Crippen molar-refractivity contribution in [3.8, 4) is 11.5 Å². The first kappa shape index (κ1) is 16.8. The molecule has 24 heavy (non-hydrogen) atoms. The third-order valence-corrected chi connectivity index (χ3v) is 5.69. The fourth-order valence-electron chi connectivity index (χ4n) is 3.39. The molecular weight excluding hydrogens is 322 g/mol. The van der Waals surface area contributed by atoms with Crippen molar-refractivity contribution in [1.29, 1.82) is 0 Å². The topological polar surface area (TPSA) is 38.8 Å². The van der Waals surface area contributed by atoms with Gasteiger partial charge in [0.2, 0.25) is 5.91 Å². The van der Waals surface area contributed by atoms with E-state index in [1.165, 1.54) is 10.4 Å². The Bertz CT molecular complexity index is 725. The van der Waals surface area contributed by atoms with E-state index >= 15 is 0 Å². The van der Waals surface area contributed by atoms with E-state index < -0.39 is 0 Å². The van der Waals surface area contributed by atoms with Crippen LogP contribution in [0.1, 0.15) is 35.4 Å². The summed E-state index contributed by atoms with van der Waals surface area (Å²) in [5, 5.41) is 2.12. The highest BCUT2D eigenvalue weighted by molar-refractivity contribution is 7.10. The first-order chi connectivity index (χ1) is 11.7. The van der Waals surface area contributed by atoms with E-state index in [9.17, 15) is 4.79 Å². The van der Waals surface area contributed by atoms with Gasteiger partial charge >= 0.3 is 0 Å². The maximum atomic E-state index is 12.7. The van der Waals surface area contributed by atoms with Gasteiger partial charge in [0.25, 0.3) is 0 Å². The van der Waals surface area contributed by atoms with E-state index in [4.69, 9.17) is 9.47 Å². The molecule has 0 saturated carbocycles. The summed E-state index contributed by atoms with van der Waals surface area (Å²) in [5.74, 6) is 1.63. The van der Waals surface area contributed by atoms with E-state index in [0.717, 1.165) is 24.3 Å². The van der Waals surface area contributed by atoms with Crippen molar-refractivity contribution in [2.24, 2.45) is 0 Å². The van der Waals surface area contributed by atoms with Crippen LogP contribution in [0.2, 0.25) is 0 Å². The molecule has 0 saturated heterocycles. The van der Waals surface area contributed by atoms with Crippen molar-refractivity contribution < 1.29 is 14.3 Å². The summed E-state index contributed by atoms with van der Waals surface area (Å²) in [4.78, 5) is 16.1. The second-order valence-corrected chi connectivity index (χ2v) is 6.97. The zero-order chi connectivity index (χ0) is 17.1. The van der Waals surface area contributed by atoms with Crippen LogP contribution < -0.4 is 9.47 Å². The van der Waals surface area contributed by atoms with Gasteiger partial charge in [-0.1, -0.05) is 12.1 Å². The number of carbonyl (C=O) groups is 1. The molecule has 2 aromatic rings. The van der Waals surface area contributed by atoms with Crippen molar-refractivity contribution in [3.05, 3.63) is 45.6 Å². The van der Waals surface area contributed by atoms with Crippen LogP contribution in [0.4, 0.5) is 0 Å². The zero-order valence-corrected chi connectivity index (χ0v) is 15.2. The van der Waals surface area contributed by atoms with E-state index in [0.29, 0.717) is 18.6 Å². The van der Waals surface area contributed by atoms with Crippen LogP contribution in [-0.2, 0) is 17.6 Å². The van der Waals surface area contributed by atoms with Gasteiger partial charge in [-0.05, 0) is 48.4 Å². The molecule has 0 aliphatic carbocycles. The number of benzene rings is 1. The number of fused-ring (bicyclic) bond motifs is 1. The molecule has 2 heterocycles. The summed E-state index contributed by atoms with van der Waals surface area (Å²) in [6, 6.07) is 8.11. The maximum Gasteiger partial charge on any atom is 0.223 e. The summed E-state index contributed by atoms with van der Waals surface area (Å²) in [6.45, 7) is 2.93. The van der Waals surface area contributed by atoms with Crippen LogP contribution in [0.25, 0.3) is 0 Å². The zero-order valence-electron chi connectivity index (χ0n) is 14.4. The lowest BCUT2D eigenvalue weighted by Gasteiger charge is -2.33. The van der Waals surface area contributed by atoms with Crippen molar-refractivity contribution in [3.63, 3.8) is 0 Å². The van der Waals surface area contributed by atoms with Gasteiger partial charge in [-0.15, -0.1) is 11.3 Å². The average Bonchev–Trinajstić information content (AvgIpc) is 3.09. The lowest BCUT2D eigenvalue weighted by Crippen LogP contribution is -2.38. The van der Waals surface area contributed by atoms with Crippen LogP contribution in [-0.4, -0.2) is 31.6 Å². The summed E-state index contributed by atoms with van der Waals surface area (Å²) in [7, 11) is 3.26. The first-order valence-corrected chi connectivity index (χ1v) is 9.09. The number of carbonyl (C=O) groups excluding carboxylic acids is 1. The van der Waals surface area contributed by atoms with Gasteiger partial charge in [-0.3, -0.25) is 4.79 Å². The van der Waals surface area contributed by atoms with Gasteiger partial charge < -0.3 is 14.4 Å². The van der Waals surface area contributed by atoms with Gasteiger partial charge in [-0.25, -0.2) is 0 Å². The van der Waals surface area contributed by atoms with E-state index in [-0.39, 0.29) is 11.9 Å². The van der Waals surface area contributed by atoms with E-state index in [2.05, 4.69) is 18.4 Å². The van der Waals surface area contributed by atoms with Crippen LogP contribution in [0.3, 0.4) is 0 Å². The number of aryl methyl sites for hydroxylation is 1. The van der Waals surface area contributed by atoms with Crippen molar-refractivity contribution in [1.82, 2.24) is 4.90 Å². The molecule has 1 aliphatic heterocycles. The lowest BCUT2D eigenvalue weighted by atomic mass is 10.00. The minimum absolute atomic E-state index is 0.166. The predicted molar refractivity (Wildman–Crippen MR) is 96.0 cm³/mol. The molecule has 1 atom stereocenters. The van der Waals surface area contributed by atoms with E-state index in [1.54, 1.807) is 25.6 Å². The normalized spacial score (nSPS) is 16.6. The Hall–Kier alpha value is -2.01. The molecule has 4 nitrogen and oxygen atoms in total. The molecule has 1 aliphatic rings. The second-order valence-electron chi connectivity index (χ2n) is 5.96. The molecule has 1 amide bonds. The van der Waals surface area contributed by atoms with E-state index in [1.807, 2.05) is 23.1 Å². The van der Waals surface area contributed by atoms with Crippen molar-refractivity contribution >= 4 is 17.2 Å². The Morgan fingerprint density at radius 2 is 2.12 bits per heavy atom. The number of thiophene rings is 1. The number of methoxy groups -OCH3 is 2. The molecule has 0 N–H and O–H groups in total. The van der Waals surface area contributed by atoms with Crippen molar-refractivity contribution in [2.45, 2.75) is 32.2 Å². The highest BCUT2D eigenvalue weighted by Crippen LogP contribution is 2.34. The third-order valence-electron chi connectivity index (χ3n) is 4.69. The van der Waals surface area contributed by atoms with Gasteiger partial charge in [0.05, 0.1) is 20.3 Å². The van der Waals surface area contributed by atoms with Gasteiger partial charge in [-0.2, -0.15) is 0 Å². The van der Waals surface area contributed by atoms with Crippen LogP contribution >= 0.6 is 11.3 Å². The number of nitrogens with zero attached hydrogens (tertiary/aromatic N) is 1. The molecular formula is C19H23NO3S. The number of para-hydroxylation sites is 1. The Kier molecular flexibility index (Phi) is 5.09. The van der Waals surface area contributed by atoms with Gasteiger partial charge in [0.15, 0.2) is 11.5 Å². The molecule has 0 radical (unpaired) electrons. The molecule has 5 heteroatoms. The second kappa shape index (κ2) is 7.26. The number of amides is 1. The minimum Gasteiger partial charge on any atom is -0.493 e. The Morgan fingerprint density at radius 1 is 1.29 bits per heavy atom. The number of ether oxygens (including phenoxy) is 2. The molecule has 3 rings (SSSR count). The highest BCUT2D eigenvalue weighted by atomic mass is 32.1. The maximum absolute atomic E-state index is 12.7. The monoisotopic (exact) mass is 345 g/mol. The average molecular weight is 345 g/mol. The van der Waals surface area contributed by atoms with Crippen LogP contribution in [0.15, 0.2) is 29.6 Å². The highest BCUT2D eigenvalue weighted by Gasteiger charge is 2.28. The SMILES string of the molecule is COc1cccc(CCC(=O)N2CCc3sccc3[C@H]2C)c1OC. The largest absolute Gasteiger partial charge is 0.493 e. The Labute approximate surface area is 147 Å². The molecule has 1 aromatic heterocycles. The third kappa shape index (κ3) is 3.13. The van der Waals surface area contributed by atoms with Gasteiger partial charge in [0, 0.05) is 17.8 Å². The lowest BCUT2D eigenvalue weighted by molar-refractivity contribution is -0.133. The smallest absolute Gasteiger partial charge is 0.223 e. The number of rotatable bonds is 5. The fraction of sp³-hybridized carbons (Fsp3) is 0.421. The first-order valence-electron chi connectivity index (χ1n) is 8.21. The summed E-state index contributed by atoms with van der Waals surface area (Å²) < 4.78 is 10.8.